The third kappa shape index (κ3) is 2.14. The van der Waals surface area contributed by atoms with Crippen LogP contribution in [0.5, 0.6) is 0 Å². The number of nitrogens with zero attached hydrogens (tertiary/aromatic N) is 5. The molecule has 0 aliphatic carbocycles. The van der Waals surface area contributed by atoms with Gasteiger partial charge in [-0.2, -0.15) is 0 Å². The van der Waals surface area contributed by atoms with Gasteiger partial charge in [0.1, 0.15) is 11.3 Å². The van der Waals surface area contributed by atoms with Gasteiger partial charge in [-0.3, -0.25) is 0 Å². The average molecular weight is 274 g/mol. The number of aryl methyl sites for hydroxylation is 1. The van der Waals surface area contributed by atoms with E-state index < -0.39 is 0 Å². The Labute approximate surface area is 119 Å². The molecule has 0 radical (unpaired) electrons. The fourth-order valence-electron chi connectivity index (χ4n) is 2.72. The summed E-state index contributed by atoms with van der Waals surface area (Å²) in [4.78, 5) is 16.0. The quantitative estimate of drug-likeness (QED) is 0.918. The van der Waals surface area contributed by atoms with Crippen LogP contribution in [0.4, 0.5) is 5.82 Å². The van der Waals surface area contributed by atoms with Crippen molar-refractivity contribution in [1.29, 1.82) is 0 Å². The Morgan fingerprint density at radius 2 is 2.20 bits per heavy atom. The van der Waals surface area contributed by atoms with E-state index in [1.54, 1.807) is 0 Å². The Balaban J connectivity index is 2.18. The minimum Gasteiger partial charge on any atom is -0.353 e. The number of hydrogen-bond acceptors (Lipinski definition) is 5. The highest BCUT2D eigenvalue weighted by molar-refractivity contribution is 5.84. The summed E-state index contributed by atoms with van der Waals surface area (Å²) in [7, 11) is 0. The van der Waals surface area contributed by atoms with Gasteiger partial charge in [-0.25, -0.2) is 15.0 Å². The Morgan fingerprint density at radius 3 is 2.80 bits per heavy atom. The van der Waals surface area contributed by atoms with E-state index in [1.807, 2.05) is 6.33 Å². The molecule has 1 unspecified atom stereocenters. The maximum absolute atomic E-state index is 6.04. The van der Waals surface area contributed by atoms with Crippen molar-refractivity contribution in [2.75, 3.05) is 18.0 Å². The van der Waals surface area contributed by atoms with E-state index in [0.717, 1.165) is 48.7 Å². The Hall–Kier alpha value is -1.69. The molecule has 0 bridgehead atoms. The molecular weight excluding hydrogens is 252 g/mol. The lowest BCUT2D eigenvalue weighted by Crippen LogP contribution is -2.27. The summed E-state index contributed by atoms with van der Waals surface area (Å²) >= 11 is 0. The minimum absolute atomic E-state index is 0.237. The molecule has 0 saturated carbocycles. The van der Waals surface area contributed by atoms with Gasteiger partial charge in [0.2, 0.25) is 0 Å². The second kappa shape index (κ2) is 5.01. The molecular formula is C14H22N6. The maximum Gasteiger partial charge on any atom is 0.183 e. The summed E-state index contributed by atoms with van der Waals surface area (Å²) < 4.78 is 2.15. The molecule has 6 heteroatoms. The SMILES string of the molecule is CCc1nc(N2CCC(N)C2)c2c(ncn2C(C)C)n1. The molecule has 3 heterocycles. The molecule has 0 spiro atoms. The Morgan fingerprint density at radius 1 is 1.40 bits per heavy atom. The van der Waals surface area contributed by atoms with Crippen LogP contribution in [0.25, 0.3) is 11.2 Å². The van der Waals surface area contributed by atoms with Crippen LogP contribution in [0, 0.1) is 0 Å². The first-order chi connectivity index (χ1) is 9.60. The van der Waals surface area contributed by atoms with Gasteiger partial charge < -0.3 is 15.2 Å². The van der Waals surface area contributed by atoms with Crippen LogP contribution in [0.1, 0.15) is 39.1 Å². The fraction of sp³-hybridized carbons (Fsp3) is 0.643. The van der Waals surface area contributed by atoms with Gasteiger partial charge in [-0.15, -0.1) is 0 Å². The van der Waals surface area contributed by atoms with Gasteiger partial charge in [0.25, 0.3) is 0 Å². The van der Waals surface area contributed by atoms with Gasteiger partial charge in [0, 0.05) is 31.6 Å². The van der Waals surface area contributed by atoms with Crippen molar-refractivity contribution in [3.63, 3.8) is 0 Å². The van der Waals surface area contributed by atoms with Crippen LogP contribution < -0.4 is 10.6 Å². The standard InChI is InChI=1S/C14H22N6/c1-4-11-17-13-12(20(8-16-13)9(2)3)14(18-11)19-6-5-10(15)7-19/h8-10H,4-7,15H2,1-3H3. The van der Waals surface area contributed by atoms with E-state index in [4.69, 9.17) is 10.7 Å². The number of rotatable bonds is 3. The van der Waals surface area contributed by atoms with Crippen LogP contribution in [-0.4, -0.2) is 38.7 Å². The molecule has 0 amide bonds. The molecule has 2 aromatic heterocycles. The smallest absolute Gasteiger partial charge is 0.183 e. The molecule has 20 heavy (non-hydrogen) atoms. The molecule has 0 aromatic carbocycles. The average Bonchev–Trinajstić information content (AvgIpc) is 3.03. The van der Waals surface area contributed by atoms with Crippen LogP contribution in [0.3, 0.4) is 0 Å². The normalized spacial score (nSPS) is 19.4. The van der Waals surface area contributed by atoms with E-state index in [9.17, 15) is 0 Å². The third-order valence-electron chi connectivity index (χ3n) is 3.85. The van der Waals surface area contributed by atoms with E-state index >= 15 is 0 Å². The zero-order valence-electron chi connectivity index (χ0n) is 12.4. The summed E-state index contributed by atoms with van der Waals surface area (Å²) in [6.07, 6.45) is 3.70. The van der Waals surface area contributed by atoms with Crippen LogP contribution in [-0.2, 0) is 6.42 Å². The van der Waals surface area contributed by atoms with Crippen molar-refractivity contribution in [3.05, 3.63) is 12.2 Å². The van der Waals surface area contributed by atoms with E-state index in [-0.39, 0.29) is 6.04 Å². The van der Waals surface area contributed by atoms with Crippen LogP contribution in [0.2, 0.25) is 0 Å². The van der Waals surface area contributed by atoms with E-state index in [1.165, 1.54) is 0 Å². The summed E-state index contributed by atoms with van der Waals surface area (Å²) in [6, 6.07) is 0.576. The number of imidazole rings is 1. The van der Waals surface area contributed by atoms with Gasteiger partial charge in [-0.1, -0.05) is 6.92 Å². The first kappa shape index (κ1) is 13.3. The van der Waals surface area contributed by atoms with Crippen molar-refractivity contribution in [3.8, 4) is 0 Å². The number of anilines is 1. The maximum atomic E-state index is 6.04. The minimum atomic E-state index is 0.237. The molecule has 1 atom stereocenters. The van der Waals surface area contributed by atoms with Crippen LogP contribution in [0.15, 0.2) is 6.33 Å². The topological polar surface area (TPSA) is 72.9 Å². The second-order valence-corrected chi connectivity index (χ2v) is 5.73. The summed E-state index contributed by atoms with van der Waals surface area (Å²) in [5.74, 6) is 1.84. The number of fused-ring (bicyclic) bond motifs is 1. The zero-order chi connectivity index (χ0) is 14.3. The van der Waals surface area contributed by atoms with Gasteiger partial charge in [0.05, 0.1) is 6.33 Å². The summed E-state index contributed by atoms with van der Waals surface area (Å²) in [5, 5.41) is 0. The number of nitrogens with two attached hydrogens (primary N) is 1. The molecule has 108 valence electrons. The lowest BCUT2D eigenvalue weighted by molar-refractivity contribution is 0.616. The molecule has 6 nitrogen and oxygen atoms in total. The summed E-state index contributed by atoms with van der Waals surface area (Å²) in [5.41, 5.74) is 7.87. The molecule has 1 fully saturated rings. The highest BCUT2D eigenvalue weighted by atomic mass is 15.3. The van der Waals surface area contributed by atoms with E-state index in [2.05, 4.69) is 40.2 Å². The van der Waals surface area contributed by atoms with E-state index in [0.29, 0.717) is 6.04 Å². The second-order valence-electron chi connectivity index (χ2n) is 5.73. The van der Waals surface area contributed by atoms with Crippen LogP contribution >= 0.6 is 0 Å². The predicted molar refractivity (Wildman–Crippen MR) is 79.9 cm³/mol. The van der Waals surface area contributed by atoms with Gasteiger partial charge in [0.15, 0.2) is 11.5 Å². The lowest BCUT2D eigenvalue weighted by atomic mass is 10.3. The largest absolute Gasteiger partial charge is 0.353 e. The molecule has 1 aliphatic rings. The van der Waals surface area contributed by atoms with Crippen molar-refractivity contribution < 1.29 is 0 Å². The monoisotopic (exact) mass is 274 g/mol. The fourth-order valence-corrected chi connectivity index (χ4v) is 2.72. The first-order valence-corrected chi connectivity index (χ1v) is 7.34. The number of aromatic nitrogens is 4. The molecule has 1 saturated heterocycles. The molecule has 2 aromatic rings. The molecule has 1 aliphatic heterocycles. The Kier molecular flexibility index (Phi) is 3.33. The highest BCUT2D eigenvalue weighted by Gasteiger charge is 2.25. The van der Waals surface area contributed by atoms with Gasteiger partial charge >= 0.3 is 0 Å². The molecule has 3 rings (SSSR count). The first-order valence-electron chi connectivity index (χ1n) is 7.34. The highest BCUT2D eigenvalue weighted by Crippen LogP contribution is 2.28. The Bertz CT molecular complexity index is 617. The predicted octanol–water partition coefficient (Wildman–Crippen LogP) is 1.51. The van der Waals surface area contributed by atoms with Crippen molar-refractivity contribution in [2.24, 2.45) is 5.73 Å². The van der Waals surface area contributed by atoms with Gasteiger partial charge in [-0.05, 0) is 20.3 Å². The van der Waals surface area contributed by atoms with Crippen molar-refractivity contribution in [2.45, 2.75) is 45.7 Å². The number of hydrogen-bond donors (Lipinski definition) is 1. The lowest BCUT2D eigenvalue weighted by Gasteiger charge is -2.20. The van der Waals surface area contributed by atoms with Crippen molar-refractivity contribution in [1.82, 2.24) is 19.5 Å². The van der Waals surface area contributed by atoms with Crippen molar-refractivity contribution >= 4 is 17.0 Å². The zero-order valence-corrected chi connectivity index (χ0v) is 12.4. The molecule has 2 N–H and O–H groups in total. The third-order valence-corrected chi connectivity index (χ3v) is 3.85. The summed E-state index contributed by atoms with van der Waals surface area (Å²) in [6.45, 7) is 8.18.